The lowest BCUT2D eigenvalue weighted by Crippen LogP contribution is -2.27. The molecule has 4 nitrogen and oxygen atoms in total. The van der Waals surface area contributed by atoms with Gasteiger partial charge in [0.2, 0.25) is 0 Å². The highest BCUT2D eigenvalue weighted by molar-refractivity contribution is 7.08. The summed E-state index contributed by atoms with van der Waals surface area (Å²) in [6.45, 7) is 0.141. The van der Waals surface area contributed by atoms with Gasteiger partial charge in [-0.3, -0.25) is 4.79 Å². The predicted molar refractivity (Wildman–Crippen MR) is 60.3 cm³/mol. The minimum Gasteiger partial charge on any atom is -0.467 e. The van der Waals surface area contributed by atoms with E-state index >= 15 is 0 Å². The number of carbonyl (C=O) groups excluding carboxylic acids is 1. The Morgan fingerprint density at radius 2 is 2.44 bits per heavy atom. The molecule has 2 heterocycles. The fourth-order valence-corrected chi connectivity index (χ4v) is 1.90. The molecule has 0 spiro atoms. The van der Waals surface area contributed by atoms with Crippen molar-refractivity contribution in [3.05, 3.63) is 46.5 Å². The zero-order valence-electron chi connectivity index (χ0n) is 8.42. The van der Waals surface area contributed by atoms with Crippen LogP contribution in [0.25, 0.3) is 0 Å². The molecule has 0 aromatic carbocycles. The van der Waals surface area contributed by atoms with Crippen molar-refractivity contribution in [2.45, 2.75) is 6.10 Å². The summed E-state index contributed by atoms with van der Waals surface area (Å²) in [6.07, 6.45) is 0.678. The van der Waals surface area contributed by atoms with Crippen molar-refractivity contribution in [3.63, 3.8) is 0 Å². The molecular weight excluding hydrogens is 226 g/mol. The number of thiophene rings is 1. The number of amides is 1. The SMILES string of the molecule is O=C(NCC(O)c1ccco1)c1ccsc1. The molecule has 2 N–H and O–H groups in total. The van der Waals surface area contributed by atoms with Crippen LogP contribution < -0.4 is 5.32 Å². The van der Waals surface area contributed by atoms with Crippen molar-refractivity contribution in [1.82, 2.24) is 5.32 Å². The van der Waals surface area contributed by atoms with Crippen LogP contribution in [0, 0.1) is 0 Å². The first-order valence-corrected chi connectivity index (χ1v) is 5.73. The molecule has 2 rings (SSSR count). The molecule has 16 heavy (non-hydrogen) atoms. The van der Waals surface area contributed by atoms with E-state index in [4.69, 9.17) is 4.42 Å². The third kappa shape index (κ3) is 2.50. The molecular formula is C11H11NO3S. The van der Waals surface area contributed by atoms with Crippen LogP contribution in [0.1, 0.15) is 22.2 Å². The number of aliphatic hydroxyl groups is 1. The van der Waals surface area contributed by atoms with Gasteiger partial charge >= 0.3 is 0 Å². The summed E-state index contributed by atoms with van der Waals surface area (Å²) >= 11 is 1.46. The van der Waals surface area contributed by atoms with Gasteiger partial charge in [0.25, 0.3) is 5.91 Å². The monoisotopic (exact) mass is 237 g/mol. The highest BCUT2D eigenvalue weighted by Crippen LogP contribution is 2.12. The second-order valence-corrected chi connectivity index (χ2v) is 4.03. The summed E-state index contributed by atoms with van der Waals surface area (Å²) in [4.78, 5) is 11.5. The van der Waals surface area contributed by atoms with Gasteiger partial charge in [0, 0.05) is 10.9 Å². The zero-order valence-corrected chi connectivity index (χ0v) is 9.24. The minimum atomic E-state index is -0.808. The lowest BCUT2D eigenvalue weighted by molar-refractivity contribution is 0.0901. The van der Waals surface area contributed by atoms with Crippen LogP contribution in [-0.4, -0.2) is 17.6 Å². The molecule has 0 fully saturated rings. The third-order valence-corrected chi connectivity index (χ3v) is 2.79. The number of rotatable bonds is 4. The number of hydrogen-bond donors (Lipinski definition) is 2. The highest BCUT2D eigenvalue weighted by Gasteiger charge is 2.12. The summed E-state index contributed by atoms with van der Waals surface area (Å²) < 4.78 is 5.02. The van der Waals surface area contributed by atoms with E-state index in [0.717, 1.165) is 0 Å². The van der Waals surface area contributed by atoms with Crippen LogP contribution in [0.3, 0.4) is 0 Å². The molecule has 1 atom stereocenters. The summed E-state index contributed by atoms with van der Waals surface area (Å²) in [6, 6.07) is 5.10. The van der Waals surface area contributed by atoms with Crippen molar-refractivity contribution in [3.8, 4) is 0 Å². The fourth-order valence-electron chi connectivity index (χ4n) is 1.27. The molecule has 1 amide bonds. The lowest BCUT2D eigenvalue weighted by Gasteiger charge is -2.08. The van der Waals surface area contributed by atoms with Gasteiger partial charge in [0.1, 0.15) is 11.9 Å². The van der Waals surface area contributed by atoms with Crippen molar-refractivity contribution in [2.24, 2.45) is 0 Å². The van der Waals surface area contributed by atoms with E-state index in [2.05, 4.69) is 5.32 Å². The topological polar surface area (TPSA) is 62.5 Å². The average molecular weight is 237 g/mol. The van der Waals surface area contributed by atoms with Gasteiger partial charge in [-0.15, -0.1) is 0 Å². The molecule has 0 saturated heterocycles. The molecule has 84 valence electrons. The lowest BCUT2D eigenvalue weighted by atomic mass is 10.2. The molecule has 0 aliphatic rings. The largest absolute Gasteiger partial charge is 0.467 e. The molecule has 0 saturated carbocycles. The van der Waals surface area contributed by atoms with E-state index in [-0.39, 0.29) is 12.5 Å². The Morgan fingerprint density at radius 1 is 1.56 bits per heavy atom. The first kappa shape index (κ1) is 10.9. The van der Waals surface area contributed by atoms with Crippen LogP contribution in [0.2, 0.25) is 0 Å². The van der Waals surface area contributed by atoms with Gasteiger partial charge < -0.3 is 14.8 Å². The zero-order chi connectivity index (χ0) is 11.4. The summed E-state index contributed by atoms with van der Waals surface area (Å²) in [5.74, 6) is 0.262. The van der Waals surface area contributed by atoms with Gasteiger partial charge in [-0.05, 0) is 23.6 Å². The Bertz CT molecular complexity index is 436. The summed E-state index contributed by atoms with van der Waals surface area (Å²) in [7, 11) is 0. The van der Waals surface area contributed by atoms with Crippen LogP contribution in [0.4, 0.5) is 0 Å². The Kier molecular flexibility index (Phi) is 3.38. The third-order valence-electron chi connectivity index (χ3n) is 2.11. The Balaban J connectivity index is 1.86. The number of hydrogen-bond acceptors (Lipinski definition) is 4. The molecule has 0 aliphatic carbocycles. The van der Waals surface area contributed by atoms with Gasteiger partial charge in [-0.1, -0.05) is 0 Å². The van der Waals surface area contributed by atoms with Crippen LogP contribution in [0.15, 0.2) is 39.6 Å². The molecule has 2 aromatic heterocycles. The first-order chi connectivity index (χ1) is 7.77. The van der Waals surface area contributed by atoms with Crippen LogP contribution >= 0.6 is 11.3 Å². The number of furan rings is 1. The average Bonchev–Trinajstić information content (AvgIpc) is 2.95. The Morgan fingerprint density at radius 3 is 3.06 bits per heavy atom. The van der Waals surface area contributed by atoms with E-state index in [1.54, 1.807) is 23.6 Å². The van der Waals surface area contributed by atoms with E-state index in [1.165, 1.54) is 17.6 Å². The minimum absolute atomic E-state index is 0.141. The van der Waals surface area contributed by atoms with Gasteiger partial charge in [-0.25, -0.2) is 0 Å². The molecule has 1 unspecified atom stereocenters. The van der Waals surface area contributed by atoms with E-state index < -0.39 is 6.10 Å². The maximum Gasteiger partial charge on any atom is 0.252 e. The Hall–Kier alpha value is -1.59. The maximum atomic E-state index is 11.5. The standard InChI is InChI=1S/C11H11NO3S/c13-9(10-2-1-4-15-10)6-12-11(14)8-3-5-16-7-8/h1-5,7,9,13H,6H2,(H,12,14). The molecule has 0 aliphatic heterocycles. The fraction of sp³-hybridized carbons (Fsp3) is 0.182. The van der Waals surface area contributed by atoms with Crippen molar-refractivity contribution >= 4 is 17.2 Å². The second kappa shape index (κ2) is 4.96. The van der Waals surface area contributed by atoms with Gasteiger partial charge in [-0.2, -0.15) is 11.3 Å². The van der Waals surface area contributed by atoms with Crippen LogP contribution in [-0.2, 0) is 0 Å². The van der Waals surface area contributed by atoms with Crippen molar-refractivity contribution in [2.75, 3.05) is 6.54 Å². The molecule has 0 bridgehead atoms. The van der Waals surface area contributed by atoms with Gasteiger partial charge in [0.05, 0.1) is 12.8 Å². The maximum absolute atomic E-state index is 11.5. The van der Waals surface area contributed by atoms with E-state index in [0.29, 0.717) is 11.3 Å². The number of nitrogens with one attached hydrogen (secondary N) is 1. The summed E-state index contributed by atoms with van der Waals surface area (Å²) in [5.41, 5.74) is 0.608. The second-order valence-electron chi connectivity index (χ2n) is 3.25. The summed E-state index contributed by atoms with van der Waals surface area (Å²) in [5, 5.41) is 15.9. The normalized spacial score (nSPS) is 12.3. The van der Waals surface area contributed by atoms with Crippen LogP contribution in [0.5, 0.6) is 0 Å². The van der Waals surface area contributed by atoms with E-state index in [9.17, 15) is 9.90 Å². The highest BCUT2D eigenvalue weighted by atomic mass is 32.1. The van der Waals surface area contributed by atoms with Gasteiger partial charge in [0.15, 0.2) is 0 Å². The molecule has 0 radical (unpaired) electrons. The number of aliphatic hydroxyl groups excluding tert-OH is 1. The molecule has 5 heteroatoms. The smallest absolute Gasteiger partial charge is 0.252 e. The van der Waals surface area contributed by atoms with Crippen molar-refractivity contribution < 1.29 is 14.3 Å². The molecule has 2 aromatic rings. The van der Waals surface area contributed by atoms with E-state index in [1.807, 2.05) is 5.38 Å². The Labute approximate surface area is 96.5 Å². The predicted octanol–water partition coefficient (Wildman–Crippen LogP) is 1.80. The quantitative estimate of drug-likeness (QED) is 0.852. The first-order valence-electron chi connectivity index (χ1n) is 4.79. The number of carbonyl (C=O) groups is 1. The van der Waals surface area contributed by atoms with Crippen molar-refractivity contribution in [1.29, 1.82) is 0 Å².